The number of carbonyl (C=O) groups excluding carboxylic acids is 1. The van der Waals surface area contributed by atoms with Gasteiger partial charge in [0.15, 0.2) is 0 Å². The van der Waals surface area contributed by atoms with Crippen LogP contribution < -0.4 is 21.2 Å². The summed E-state index contributed by atoms with van der Waals surface area (Å²) in [5.41, 5.74) is 0.985. The Morgan fingerprint density at radius 3 is 2.33 bits per heavy atom. The summed E-state index contributed by atoms with van der Waals surface area (Å²) < 4.78 is 38.2. The topological polar surface area (TPSA) is 176 Å². The molecule has 2 heterocycles. The lowest BCUT2D eigenvalue weighted by Crippen LogP contribution is -2.42. The third-order valence-electron chi connectivity index (χ3n) is 5.54. The van der Waals surface area contributed by atoms with Crippen LogP contribution in [0.15, 0.2) is 65.7 Å². The van der Waals surface area contributed by atoms with Gasteiger partial charge in [-0.2, -0.15) is 18.2 Å². The van der Waals surface area contributed by atoms with Crippen molar-refractivity contribution in [1.82, 2.24) is 19.9 Å². The number of halogens is 3. The molecule has 3 rings (SSSR count). The number of carbonyl (C=O) groups is 3. The summed E-state index contributed by atoms with van der Waals surface area (Å²) in [6.45, 7) is 2.96. The van der Waals surface area contributed by atoms with E-state index >= 15 is 0 Å². The molecule has 1 aromatic carbocycles. The van der Waals surface area contributed by atoms with Crippen LogP contribution in [0.2, 0.25) is 0 Å². The highest BCUT2D eigenvalue weighted by Gasteiger charge is 2.38. The van der Waals surface area contributed by atoms with E-state index in [1.807, 2.05) is 67.4 Å². The second-order valence-electron chi connectivity index (χ2n) is 9.05. The molecule has 0 aliphatic heterocycles. The average molecular weight is 609 g/mol. The fraction of sp³-hybridized carbons (Fsp3) is 0.333. The van der Waals surface area contributed by atoms with Crippen molar-refractivity contribution in [3.8, 4) is 0 Å². The zero-order chi connectivity index (χ0) is 32.0. The summed E-state index contributed by atoms with van der Waals surface area (Å²) in [7, 11) is 1.83. The normalized spacial score (nSPS) is 11.4. The average Bonchev–Trinajstić information content (AvgIpc) is 2.94. The minimum absolute atomic E-state index is 0.0449. The summed E-state index contributed by atoms with van der Waals surface area (Å²) in [6, 6.07) is 13.8. The molecular weight excluding hydrogens is 577 g/mol. The van der Waals surface area contributed by atoms with E-state index in [0.29, 0.717) is 18.9 Å². The second-order valence-corrected chi connectivity index (χ2v) is 9.05. The van der Waals surface area contributed by atoms with Gasteiger partial charge in [0.2, 0.25) is 0 Å². The molecule has 4 N–H and O–H groups in total. The first kappa shape index (κ1) is 34.1. The number of amides is 1. The van der Waals surface area contributed by atoms with Crippen LogP contribution in [-0.4, -0.2) is 75.1 Å². The van der Waals surface area contributed by atoms with Crippen LogP contribution in [-0.2, 0) is 27.5 Å². The van der Waals surface area contributed by atoms with Crippen molar-refractivity contribution in [3.63, 3.8) is 0 Å². The molecule has 0 spiro atoms. The Bertz CT molecular complexity index is 1410. The minimum atomic E-state index is -5.08. The molecule has 3 aromatic rings. The molecule has 232 valence electrons. The van der Waals surface area contributed by atoms with E-state index in [0.717, 1.165) is 16.9 Å². The molecule has 0 radical (unpaired) electrons. The number of likely N-dealkylation sites (N-methyl/N-ethyl adjacent to an activating group) is 1. The van der Waals surface area contributed by atoms with Crippen LogP contribution in [0.5, 0.6) is 0 Å². The van der Waals surface area contributed by atoms with Crippen molar-refractivity contribution in [2.24, 2.45) is 0 Å². The molecule has 1 unspecified atom stereocenters. The predicted molar refractivity (Wildman–Crippen MR) is 149 cm³/mol. The van der Waals surface area contributed by atoms with Crippen LogP contribution in [0, 0.1) is 6.92 Å². The van der Waals surface area contributed by atoms with Crippen LogP contribution >= 0.6 is 0 Å². The number of carboxylic acids is 2. The van der Waals surface area contributed by atoms with Crippen molar-refractivity contribution in [2.45, 2.75) is 38.7 Å². The highest BCUT2D eigenvalue weighted by Crippen LogP contribution is 2.14. The maximum atomic E-state index is 12.7. The smallest absolute Gasteiger partial charge is 0.481 e. The maximum absolute atomic E-state index is 12.7. The molecule has 0 bridgehead atoms. The molecule has 0 saturated carbocycles. The number of aliphatic carboxylic acids is 2. The van der Waals surface area contributed by atoms with Gasteiger partial charge in [-0.05, 0) is 24.6 Å². The minimum Gasteiger partial charge on any atom is -0.481 e. The van der Waals surface area contributed by atoms with Crippen molar-refractivity contribution in [2.75, 3.05) is 30.4 Å². The number of carboxylic acid groups (broad SMARTS) is 2. The molecule has 0 fully saturated rings. The molecule has 0 saturated heterocycles. The number of anilines is 2. The number of hydrogen-bond acceptors (Lipinski definition) is 9. The number of nitrogens with zero attached hydrogens (tertiary/aromatic N) is 4. The summed E-state index contributed by atoms with van der Waals surface area (Å²) in [5, 5.41) is 22.1. The first-order chi connectivity index (χ1) is 20.3. The van der Waals surface area contributed by atoms with E-state index in [-0.39, 0.29) is 19.6 Å². The van der Waals surface area contributed by atoms with Gasteiger partial charge in [0.1, 0.15) is 18.2 Å². The molecule has 2 aromatic heterocycles. The number of nitrogens with one attached hydrogen (secondary N) is 2. The van der Waals surface area contributed by atoms with Crippen LogP contribution in [0.25, 0.3) is 0 Å². The Labute approximate surface area is 244 Å². The molecule has 16 heteroatoms. The number of rotatable bonds is 12. The molecular formula is C27H31F3N6O7. The Hall–Kier alpha value is -5.15. The number of alkyl halides is 3. The lowest BCUT2D eigenvalue weighted by Gasteiger charge is -2.22. The predicted octanol–water partition coefficient (Wildman–Crippen LogP) is 2.90. The SMILES string of the molecule is Cc1cn(CC(CC(=O)O)NC(=O)OCc2ccccc2)c(=O)nc1N(C)CCNc1ccccn1.O=C(O)C(F)(F)F. The first-order valence-corrected chi connectivity index (χ1v) is 12.7. The van der Waals surface area contributed by atoms with E-state index in [4.69, 9.17) is 14.6 Å². The molecule has 1 amide bonds. The first-order valence-electron chi connectivity index (χ1n) is 12.7. The van der Waals surface area contributed by atoms with Crippen LogP contribution in [0.1, 0.15) is 17.5 Å². The van der Waals surface area contributed by atoms with Crippen molar-refractivity contribution < 1.29 is 42.5 Å². The van der Waals surface area contributed by atoms with Gasteiger partial charge in [-0.25, -0.2) is 19.4 Å². The van der Waals surface area contributed by atoms with Crippen LogP contribution in [0.4, 0.5) is 29.6 Å². The Balaban J connectivity index is 0.000000821. The Kier molecular flexibility index (Phi) is 12.9. The van der Waals surface area contributed by atoms with E-state index in [9.17, 15) is 32.7 Å². The van der Waals surface area contributed by atoms with Gasteiger partial charge < -0.3 is 30.5 Å². The highest BCUT2D eigenvalue weighted by atomic mass is 19.4. The van der Waals surface area contributed by atoms with Gasteiger partial charge in [0.25, 0.3) is 0 Å². The third-order valence-corrected chi connectivity index (χ3v) is 5.54. The highest BCUT2D eigenvalue weighted by molar-refractivity contribution is 5.73. The largest absolute Gasteiger partial charge is 0.490 e. The molecule has 0 aliphatic rings. The van der Waals surface area contributed by atoms with Gasteiger partial charge in [0, 0.05) is 44.6 Å². The number of aromatic nitrogens is 3. The van der Waals surface area contributed by atoms with E-state index < -0.39 is 35.9 Å². The van der Waals surface area contributed by atoms with Gasteiger partial charge in [-0.3, -0.25) is 9.36 Å². The van der Waals surface area contributed by atoms with Gasteiger partial charge in [-0.1, -0.05) is 36.4 Å². The summed E-state index contributed by atoms with van der Waals surface area (Å²) in [4.78, 5) is 55.5. The summed E-state index contributed by atoms with van der Waals surface area (Å²) in [6.07, 6.45) is -2.92. The van der Waals surface area contributed by atoms with Crippen molar-refractivity contribution >= 4 is 29.7 Å². The molecule has 13 nitrogen and oxygen atoms in total. The summed E-state index contributed by atoms with van der Waals surface area (Å²) >= 11 is 0. The molecule has 43 heavy (non-hydrogen) atoms. The Morgan fingerprint density at radius 1 is 1.09 bits per heavy atom. The van der Waals surface area contributed by atoms with Crippen molar-refractivity contribution in [1.29, 1.82) is 0 Å². The maximum Gasteiger partial charge on any atom is 0.490 e. The molecule has 1 atom stereocenters. The number of pyridine rings is 1. The standard InChI is InChI=1S/C25H30N6O5.C2HF3O2/c1-18-15-31(24(34)29-23(18)30(2)13-12-27-21-10-6-7-11-26-21)16-20(14-22(32)33)28-25(35)36-17-19-8-4-3-5-9-19;3-2(4,5)1(6)7/h3-11,15,20H,12-14,16-17H2,1-2H3,(H,26,27)(H,28,35)(H,32,33);(H,6,7). The third kappa shape index (κ3) is 12.5. The monoisotopic (exact) mass is 608 g/mol. The number of ether oxygens (including phenoxy) is 1. The molecule has 0 aliphatic carbocycles. The lowest BCUT2D eigenvalue weighted by atomic mass is 10.2. The zero-order valence-electron chi connectivity index (χ0n) is 23.2. The van der Waals surface area contributed by atoms with E-state index in [2.05, 4.69) is 20.6 Å². The fourth-order valence-corrected chi connectivity index (χ4v) is 3.57. The van der Waals surface area contributed by atoms with Gasteiger partial charge in [0.05, 0.1) is 12.5 Å². The van der Waals surface area contributed by atoms with Crippen molar-refractivity contribution in [3.05, 3.63) is 82.5 Å². The quantitative estimate of drug-likeness (QED) is 0.238. The van der Waals surface area contributed by atoms with E-state index in [1.54, 1.807) is 12.4 Å². The number of benzene rings is 1. The fourth-order valence-electron chi connectivity index (χ4n) is 3.57. The van der Waals surface area contributed by atoms with Crippen LogP contribution in [0.3, 0.4) is 0 Å². The van der Waals surface area contributed by atoms with Gasteiger partial charge >= 0.3 is 29.9 Å². The summed E-state index contributed by atoms with van der Waals surface area (Å²) in [5.74, 6) is -2.60. The number of alkyl carbamates (subject to hydrolysis) is 1. The number of aryl methyl sites for hydroxylation is 1. The zero-order valence-corrected chi connectivity index (χ0v) is 23.2. The lowest BCUT2D eigenvalue weighted by molar-refractivity contribution is -0.192. The van der Waals surface area contributed by atoms with Gasteiger partial charge in [-0.15, -0.1) is 0 Å². The van der Waals surface area contributed by atoms with E-state index in [1.165, 1.54) is 4.57 Å². The second kappa shape index (κ2) is 16.3. The Morgan fingerprint density at radius 2 is 1.74 bits per heavy atom. The number of hydrogen-bond donors (Lipinski definition) is 4.